The van der Waals surface area contributed by atoms with Crippen molar-refractivity contribution in [2.45, 2.75) is 38.7 Å². The third-order valence-corrected chi connectivity index (χ3v) is 6.02. The van der Waals surface area contributed by atoms with Crippen LogP contribution in [0.25, 0.3) is 0 Å². The van der Waals surface area contributed by atoms with Gasteiger partial charge in [-0.15, -0.1) is 11.3 Å². The first kappa shape index (κ1) is 13.3. The zero-order chi connectivity index (χ0) is 13.4. The fourth-order valence-corrected chi connectivity index (χ4v) is 4.29. The number of aliphatic hydroxyl groups is 1. The molecular formula is C16H17BrOS. The SMILES string of the molecule is Cc1cc(C(O)c2ccc3c(c2)CCCC3)sc1Br. The topological polar surface area (TPSA) is 20.2 Å². The maximum Gasteiger partial charge on any atom is 0.113 e. The van der Waals surface area contributed by atoms with Crippen molar-refractivity contribution in [2.24, 2.45) is 0 Å². The zero-order valence-electron chi connectivity index (χ0n) is 10.9. The molecule has 1 aliphatic carbocycles. The van der Waals surface area contributed by atoms with Crippen molar-refractivity contribution >= 4 is 27.3 Å². The maximum absolute atomic E-state index is 10.5. The van der Waals surface area contributed by atoms with E-state index in [1.807, 2.05) is 0 Å². The summed E-state index contributed by atoms with van der Waals surface area (Å²) in [6.07, 6.45) is 4.42. The van der Waals surface area contributed by atoms with E-state index in [-0.39, 0.29) is 0 Å². The molecule has 3 rings (SSSR count). The summed E-state index contributed by atoms with van der Waals surface area (Å²) in [6.45, 7) is 2.06. The molecule has 1 aromatic heterocycles. The monoisotopic (exact) mass is 336 g/mol. The molecule has 3 heteroatoms. The van der Waals surface area contributed by atoms with Gasteiger partial charge in [0.25, 0.3) is 0 Å². The van der Waals surface area contributed by atoms with Crippen molar-refractivity contribution < 1.29 is 5.11 Å². The highest BCUT2D eigenvalue weighted by molar-refractivity contribution is 9.11. The van der Waals surface area contributed by atoms with E-state index in [1.54, 1.807) is 11.3 Å². The maximum atomic E-state index is 10.5. The lowest BCUT2D eigenvalue weighted by Crippen LogP contribution is -2.05. The lowest BCUT2D eigenvalue weighted by atomic mass is 9.89. The summed E-state index contributed by atoms with van der Waals surface area (Å²) in [6, 6.07) is 8.54. The number of fused-ring (bicyclic) bond motifs is 1. The number of thiophene rings is 1. The number of benzene rings is 1. The highest BCUT2D eigenvalue weighted by Crippen LogP contribution is 2.35. The second kappa shape index (κ2) is 5.39. The Hall–Kier alpha value is -0.640. The summed E-state index contributed by atoms with van der Waals surface area (Å²) in [5.41, 5.74) is 5.10. The lowest BCUT2D eigenvalue weighted by Gasteiger charge is -2.18. The summed E-state index contributed by atoms with van der Waals surface area (Å²) in [5, 5.41) is 10.5. The van der Waals surface area contributed by atoms with E-state index in [9.17, 15) is 5.11 Å². The Balaban J connectivity index is 1.93. The second-order valence-corrected chi connectivity index (χ2v) is 7.64. The first-order valence-electron chi connectivity index (χ1n) is 6.71. The molecule has 1 N–H and O–H groups in total. The molecule has 1 heterocycles. The van der Waals surface area contributed by atoms with Crippen LogP contribution in [0, 0.1) is 6.92 Å². The molecule has 0 radical (unpaired) electrons. The average Bonchev–Trinajstić information content (AvgIpc) is 2.77. The van der Waals surface area contributed by atoms with Crippen LogP contribution in [0.5, 0.6) is 0 Å². The minimum absolute atomic E-state index is 0.498. The predicted octanol–water partition coefficient (Wildman–Crippen LogP) is 4.78. The Morgan fingerprint density at radius 3 is 2.58 bits per heavy atom. The van der Waals surface area contributed by atoms with E-state index in [2.05, 4.69) is 47.1 Å². The molecule has 0 spiro atoms. The molecule has 1 aliphatic rings. The fraction of sp³-hybridized carbons (Fsp3) is 0.375. The van der Waals surface area contributed by atoms with Crippen molar-refractivity contribution in [3.63, 3.8) is 0 Å². The van der Waals surface area contributed by atoms with Crippen molar-refractivity contribution in [1.29, 1.82) is 0 Å². The summed E-state index contributed by atoms with van der Waals surface area (Å²) < 4.78 is 1.11. The van der Waals surface area contributed by atoms with Crippen LogP contribution in [0.3, 0.4) is 0 Å². The molecule has 19 heavy (non-hydrogen) atoms. The Kier molecular flexibility index (Phi) is 3.79. The highest BCUT2D eigenvalue weighted by Gasteiger charge is 2.17. The Morgan fingerprint density at radius 2 is 1.89 bits per heavy atom. The van der Waals surface area contributed by atoms with Crippen LogP contribution in [-0.2, 0) is 12.8 Å². The number of rotatable bonds is 2. The number of halogens is 1. The molecule has 2 aromatic rings. The third-order valence-electron chi connectivity index (χ3n) is 3.83. The van der Waals surface area contributed by atoms with E-state index < -0.39 is 6.10 Å². The third kappa shape index (κ3) is 2.64. The van der Waals surface area contributed by atoms with Crippen molar-refractivity contribution in [1.82, 2.24) is 0 Å². The van der Waals surface area contributed by atoms with Crippen LogP contribution in [0.2, 0.25) is 0 Å². The van der Waals surface area contributed by atoms with E-state index in [0.29, 0.717) is 0 Å². The largest absolute Gasteiger partial charge is 0.383 e. The van der Waals surface area contributed by atoms with Gasteiger partial charge in [-0.3, -0.25) is 0 Å². The molecule has 100 valence electrons. The van der Waals surface area contributed by atoms with Gasteiger partial charge in [0, 0.05) is 4.88 Å². The average molecular weight is 337 g/mol. The highest BCUT2D eigenvalue weighted by atomic mass is 79.9. The van der Waals surface area contributed by atoms with Gasteiger partial charge in [-0.05, 0) is 76.9 Å². The normalized spacial score (nSPS) is 16.2. The minimum atomic E-state index is -0.498. The molecule has 0 fully saturated rings. The van der Waals surface area contributed by atoms with E-state index in [0.717, 1.165) is 20.6 Å². The van der Waals surface area contributed by atoms with Gasteiger partial charge in [-0.25, -0.2) is 0 Å². The Morgan fingerprint density at radius 1 is 1.16 bits per heavy atom. The lowest BCUT2D eigenvalue weighted by molar-refractivity contribution is 0.224. The molecule has 1 unspecified atom stereocenters. The second-order valence-electron chi connectivity index (χ2n) is 5.24. The molecule has 0 aliphatic heterocycles. The Bertz CT molecular complexity index is 583. The summed E-state index contributed by atoms with van der Waals surface area (Å²) >= 11 is 5.15. The summed E-state index contributed by atoms with van der Waals surface area (Å²) in [5.74, 6) is 0. The van der Waals surface area contributed by atoms with Gasteiger partial charge in [0.2, 0.25) is 0 Å². The van der Waals surface area contributed by atoms with Crippen LogP contribution in [0.1, 0.15) is 46.1 Å². The fourth-order valence-electron chi connectivity index (χ4n) is 2.71. The van der Waals surface area contributed by atoms with Gasteiger partial charge in [-0.1, -0.05) is 18.2 Å². The Labute approximate surface area is 126 Å². The molecule has 0 saturated carbocycles. The van der Waals surface area contributed by atoms with Crippen LogP contribution >= 0.6 is 27.3 Å². The van der Waals surface area contributed by atoms with Gasteiger partial charge in [-0.2, -0.15) is 0 Å². The van der Waals surface area contributed by atoms with Crippen LogP contribution in [0.4, 0.5) is 0 Å². The zero-order valence-corrected chi connectivity index (χ0v) is 13.4. The van der Waals surface area contributed by atoms with Crippen LogP contribution < -0.4 is 0 Å². The van der Waals surface area contributed by atoms with Crippen LogP contribution in [0.15, 0.2) is 28.1 Å². The molecule has 1 atom stereocenters. The first-order valence-corrected chi connectivity index (χ1v) is 8.31. The minimum Gasteiger partial charge on any atom is -0.383 e. The molecule has 1 aromatic carbocycles. The van der Waals surface area contributed by atoms with Crippen molar-refractivity contribution in [2.75, 3.05) is 0 Å². The van der Waals surface area contributed by atoms with Crippen LogP contribution in [-0.4, -0.2) is 5.11 Å². The van der Waals surface area contributed by atoms with E-state index >= 15 is 0 Å². The summed E-state index contributed by atoms with van der Waals surface area (Å²) in [7, 11) is 0. The van der Waals surface area contributed by atoms with Gasteiger partial charge < -0.3 is 5.11 Å². The number of aliphatic hydroxyl groups excluding tert-OH is 1. The molecule has 1 nitrogen and oxygen atoms in total. The van der Waals surface area contributed by atoms with Gasteiger partial charge in [0.1, 0.15) is 6.10 Å². The quantitative estimate of drug-likeness (QED) is 0.836. The molecule has 0 amide bonds. The van der Waals surface area contributed by atoms with Gasteiger partial charge >= 0.3 is 0 Å². The van der Waals surface area contributed by atoms with Crippen molar-refractivity contribution in [3.8, 4) is 0 Å². The smallest absolute Gasteiger partial charge is 0.113 e. The number of hydrogen-bond acceptors (Lipinski definition) is 2. The first-order chi connectivity index (χ1) is 9.15. The molecule has 0 saturated heterocycles. The molecule has 0 bridgehead atoms. The predicted molar refractivity (Wildman–Crippen MR) is 83.9 cm³/mol. The summed E-state index contributed by atoms with van der Waals surface area (Å²) in [4.78, 5) is 1.01. The van der Waals surface area contributed by atoms with Crippen molar-refractivity contribution in [3.05, 3.63) is 55.2 Å². The van der Waals surface area contributed by atoms with Gasteiger partial charge in [0.05, 0.1) is 3.79 Å². The van der Waals surface area contributed by atoms with E-state index in [4.69, 9.17) is 0 Å². The number of hydrogen-bond donors (Lipinski definition) is 1. The number of aryl methyl sites for hydroxylation is 3. The standard InChI is InChI=1S/C16H17BrOS/c1-10-8-14(19-16(10)17)15(18)13-7-6-11-4-2-3-5-12(11)9-13/h6-9,15,18H,2-5H2,1H3. The van der Waals surface area contributed by atoms with Gasteiger partial charge in [0.15, 0.2) is 0 Å². The molecular weight excluding hydrogens is 320 g/mol. The van der Waals surface area contributed by atoms with E-state index in [1.165, 1.54) is 36.0 Å².